The molecular formula is C27H24FN5O. The van der Waals surface area contributed by atoms with Crippen LogP contribution in [0.1, 0.15) is 32.9 Å². The highest BCUT2D eigenvalue weighted by Gasteiger charge is 2.12. The first-order valence-electron chi connectivity index (χ1n) is 10.7. The van der Waals surface area contributed by atoms with Crippen molar-refractivity contribution < 1.29 is 9.18 Å². The molecule has 0 unspecified atom stereocenters. The van der Waals surface area contributed by atoms with Crippen LogP contribution in [-0.4, -0.2) is 15.9 Å². The Bertz CT molecular complexity index is 1350. The Hall–Kier alpha value is -4.52. The van der Waals surface area contributed by atoms with Crippen LogP contribution in [0.2, 0.25) is 0 Å². The summed E-state index contributed by atoms with van der Waals surface area (Å²) in [7, 11) is 0. The Morgan fingerprint density at radius 3 is 2.47 bits per heavy atom. The number of aryl methyl sites for hydroxylation is 1. The van der Waals surface area contributed by atoms with Crippen molar-refractivity contribution in [2.24, 2.45) is 0 Å². The number of halogens is 1. The van der Waals surface area contributed by atoms with Gasteiger partial charge in [-0.2, -0.15) is 0 Å². The van der Waals surface area contributed by atoms with Crippen LogP contribution in [0.15, 0.2) is 85.7 Å². The number of hydrogen-bond acceptors (Lipinski definition) is 5. The maximum Gasteiger partial charge on any atom is 0.256 e. The van der Waals surface area contributed by atoms with E-state index in [4.69, 9.17) is 5.73 Å². The first-order valence-corrected chi connectivity index (χ1v) is 10.7. The van der Waals surface area contributed by atoms with Crippen molar-refractivity contribution in [3.8, 4) is 0 Å². The van der Waals surface area contributed by atoms with Gasteiger partial charge in [-0.15, -0.1) is 0 Å². The van der Waals surface area contributed by atoms with E-state index in [0.29, 0.717) is 46.1 Å². The van der Waals surface area contributed by atoms with E-state index in [1.165, 1.54) is 12.1 Å². The molecule has 0 fully saturated rings. The molecule has 6 nitrogen and oxygen atoms in total. The SMILES string of the molecule is C=C(Nc1ccc(C)c(C(=O)Nc2cnc(Cc3cccc(N)c3)nc2)c1)c1cccc(F)c1. The smallest absolute Gasteiger partial charge is 0.256 e. The number of benzene rings is 3. The number of rotatable bonds is 7. The molecule has 1 aromatic heterocycles. The summed E-state index contributed by atoms with van der Waals surface area (Å²) in [6.07, 6.45) is 3.70. The fourth-order valence-corrected chi connectivity index (χ4v) is 3.46. The molecule has 0 spiro atoms. The maximum absolute atomic E-state index is 13.5. The van der Waals surface area contributed by atoms with Crippen molar-refractivity contribution in [2.75, 3.05) is 16.4 Å². The lowest BCUT2D eigenvalue weighted by molar-refractivity contribution is 0.102. The number of nitrogens with two attached hydrogens (primary N) is 1. The van der Waals surface area contributed by atoms with Crippen molar-refractivity contribution >= 4 is 28.7 Å². The van der Waals surface area contributed by atoms with E-state index in [-0.39, 0.29) is 11.7 Å². The molecule has 170 valence electrons. The van der Waals surface area contributed by atoms with Gasteiger partial charge in [0.15, 0.2) is 0 Å². The molecule has 0 saturated carbocycles. The predicted octanol–water partition coefficient (Wildman–Crippen LogP) is 5.43. The standard InChI is InChI=1S/C27H24FN5O/c1-17-9-10-23(32-18(2)20-6-4-7-21(28)13-20)14-25(17)27(34)33-24-15-30-26(31-16-24)12-19-5-3-8-22(29)11-19/h3-11,13-16,32H,2,12,29H2,1H3,(H,33,34). The van der Waals surface area contributed by atoms with Gasteiger partial charge in [-0.25, -0.2) is 14.4 Å². The summed E-state index contributed by atoms with van der Waals surface area (Å²) < 4.78 is 13.5. The molecule has 3 aromatic carbocycles. The summed E-state index contributed by atoms with van der Waals surface area (Å²) in [5.41, 5.74) is 11.1. The van der Waals surface area contributed by atoms with Crippen LogP contribution in [0.5, 0.6) is 0 Å². The van der Waals surface area contributed by atoms with Crippen molar-refractivity contribution in [1.29, 1.82) is 0 Å². The highest BCUT2D eigenvalue weighted by Crippen LogP contribution is 2.22. The monoisotopic (exact) mass is 453 g/mol. The van der Waals surface area contributed by atoms with Gasteiger partial charge in [-0.1, -0.05) is 36.9 Å². The van der Waals surface area contributed by atoms with Gasteiger partial charge in [-0.3, -0.25) is 4.79 Å². The minimum atomic E-state index is -0.342. The second-order valence-corrected chi connectivity index (χ2v) is 7.91. The molecule has 7 heteroatoms. The van der Waals surface area contributed by atoms with Gasteiger partial charge in [0.1, 0.15) is 11.6 Å². The number of nitrogens with one attached hydrogen (secondary N) is 2. The third kappa shape index (κ3) is 5.63. The molecule has 0 aliphatic heterocycles. The Morgan fingerprint density at radius 2 is 1.74 bits per heavy atom. The second-order valence-electron chi connectivity index (χ2n) is 7.91. The van der Waals surface area contributed by atoms with Crippen molar-refractivity contribution in [3.63, 3.8) is 0 Å². The van der Waals surface area contributed by atoms with Crippen LogP contribution in [0, 0.1) is 12.7 Å². The summed E-state index contributed by atoms with van der Waals surface area (Å²) in [6.45, 7) is 5.82. The van der Waals surface area contributed by atoms with Crippen molar-refractivity contribution in [2.45, 2.75) is 13.3 Å². The Balaban J connectivity index is 1.44. The quantitative estimate of drug-likeness (QED) is 0.324. The van der Waals surface area contributed by atoms with E-state index in [1.807, 2.05) is 43.3 Å². The third-order valence-corrected chi connectivity index (χ3v) is 5.23. The number of hydrogen-bond donors (Lipinski definition) is 3. The molecule has 0 aliphatic carbocycles. The lowest BCUT2D eigenvalue weighted by Crippen LogP contribution is -2.14. The first kappa shape index (κ1) is 22.7. The molecule has 34 heavy (non-hydrogen) atoms. The summed E-state index contributed by atoms with van der Waals surface area (Å²) in [4.78, 5) is 21.6. The molecule has 0 atom stereocenters. The lowest BCUT2D eigenvalue weighted by Gasteiger charge is -2.13. The zero-order valence-corrected chi connectivity index (χ0v) is 18.7. The molecule has 0 aliphatic rings. The molecule has 4 N–H and O–H groups in total. The number of nitrogen functional groups attached to an aromatic ring is 1. The second kappa shape index (κ2) is 9.95. The molecule has 1 heterocycles. The minimum absolute atomic E-state index is 0.287. The number of anilines is 3. The van der Waals surface area contributed by atoms with Crippen molar-refractivity contribution in [3.05, 3.63) is 120 Å². The summed E-state index contributed by atoms with van der Waals surface area (Å²) in [5.74, 6) is -0.00269. The van der Waals surface area contributed by atoms with Crippen LogP contribution >= 0.6 is 0 Å². The average molecular weight is 454 g/mol. The largest absolute Gasteiger partial charge is 0.399 e. The molecule has 4 aromatic rings. The summed E-state index contributed by atoms with van der Waals surface area (Å²) >= 11 is 0. The van der Waals surface area contributed by atoms with Gasteiger partial charge < -0.3 is 16.4 Å². The van der Waals surface area contributed by atoms with E-state index < -0.39 is 0 Å². The molecule has 0 bridgehead atoms. The van der Waals surface area contributed by atoms with Crippen LogP contribution in [0.4, 0.5) is 21.5 Å². The van der Waals surface area contributed by atoms with Gasteiger partial charge in [0.2, 0.25) is 0 Å². The summed E-state index contributed by atoms with van der Waals surface area (Å²) in [6, 6.07) is 19.1. The van der Waals surface area contributed by atoms with Gasteiger partial charge in [-0.05, 0) is 54.4 Å². The van der Waals surface area contributed by atoms with E-state index in [2.05, 4.69) is 27.2 Å². The van der Waals surface area contributed by atoms with Gasteiger partial charge in [0.25, 0.3) is 5.91 Å². The van der Waals surface area contributed by atoms with E-state index in [9.17, 15) is 9.18 Å². The molecule has 1 amide bonds. The Kier molecular flexibility index (Phi) is 6.64. The van der Waals surface area contributed by atoms with Gasteiger partial charge >= 0.3 is 0 Å². The third-order valence-electron chi connectivity index (χ3n) is 5.23. The maximum atomic E-state index is 13.5. The predicted molar refractivity (Wildman–Crippen MR) is 134 cm³/mol. The minimum Gasteiger partial charge on any atom is -0.399 e. The van der Waals surface area contributed by atoms with Crippen molar-refractivity contribution in [1.82, 2.24) is 9.97 Å². The fourth-order valence-electron chi connectivity index (χ4n) is 3.46. The number of aromatic nitrogens is 2. The fraction of sp³-hybridized carbons (Fsp3) is 0.0741. The number of amides is 1. The van der Waals surface area contributed by atoms with Crippen LogP contribution in [-0.2, 0) is 6.42 Å². The Morgan fingerprint density at radius 1 is 0.971 bits per heavy atom. The van der Waals surface area contributed by atoms with Crippen LogP contribution in [0.3, 0.4) is 0 Å². The zero-order valence-electron chi connectivity index (χ0n) is 18.7. The Labute approximate surface area is 197 Å². The highest BCUT2D eigenvalue weighted by atomic mass is 19.1. The number of carbonyl (C=O) groups excluding carboxylic acids is 1. The molecule has 0 radical (unpaired) electrons. The lowest BCUT2D eigenvalue weighted by atomic mass is 10.1. The molecule has 0 saturated heterocycles. The zero-order chi connectivity index (χ0) is 24.1. The highest BCUT2D eigenvalue weighted by molar-refractivity contribution is 6.05. The number of nitrogens with zero attached hydrogens (tertiary/aromatic N) is 2. The summed E-state index contributed by atoms with van der Waals surface area (Å²) in [5, 5.41) is 5.97. The molecular weight excluding hydrogens is 429 g/mol. The van der Waals surface area contributed by atoms with Crippen LogP contribution in [0.25, 0.3) is 5.70 Å². The first-order chi connectivity index (χ1) is 16.4. The van der Waals surface area contributed by atoms with E-state index in [1.54, 1.807) is 30.6 Å². The molecule has 4 rings (SSSR count). The van der Waals surface area contributed by atoms with E-state index in [0.717, 1.165) is 11.1 Å². The average Bonchev–Trinajstić information content (AvgIpc) is 2.81. The van der Waals surface area contributed by atoms with E-state index >= 15 is 0 Å². The van der Waals surface area contributed by atoms with Gasteiger partial charge in [0, 0.05) is 34.6 Å². The number of carbonyl (C=O) groups is 1. The normalized spacial score (nSPS) is 10.5. The van der Waals surface area contributed by atoms with Gasteiger partial charge in [0.05, 0.1) is 18.1 Å². The van der Waals surface area contributed by atoms with Crippen LogP contribution < -0.4 is 16.4 Å². The topological polar surface area (TPSA) is 92.9 Å².